The number of ether oxygens (including phenoxy) is 2. The van der Waals surface area contributed by atoms with E-state index >= 15 is 0 Å². The summed E-state index contributed by atoms with van der Waals surface area (Å²) in [6.07, 6.45) is 3.45. The molecule has 0 heterocycles. The van der Waals surface area contributed by atoms with Crippen LogP contribution in [0.4, 0.5) is 0 Å². The molecule has 2 rings (SSSR count). The first-order valence-electron chi connectivity index (χ1n) is 8.87. The Hall–Kier alpha value is -2.99. The summed E-state index contributed by atoms with van der Waals surface area (Å²) < 4.78 is 10.3. The molecule has 6 heteroatoms. The van der Waals surface area contributed by atoms with Gasteiger partial charge in [0.2, 0.25) is 0 Å². The number of phenols is 2. The van der Waals surface area contributed by atoms with E-state index in [1.54, 1.807) is 51.3 Å². The van der Waals surface area contributed by atoms with Crippen molar-refractivity contribution in [2.75, 3.05) is 14.2 Å². The molecule has 2 aromatic rings. The number of benzene rings is 2. The first-order valence-corrected chi connectivity index (χ1v) is 8.87. The Morgan fingerprint density at radius 2 is 1.75 bits per heavy atom. The number of hydrogen-bond acceptors (Lipinski definition) is 6. The maximum atomic E-state index is 12.7. The number of rotatable bonds is 8. The zero-order chi connectivity index (χ0) is 20.9. The number of carbonyl (C=O) groups excluding carboxylic acids is 1. The highest BCUT2D eigenvalue weighted by Gasteiger charge is 2.24. The van der Waals surface area contributed by atoms with Gasteiger partial charge in [0.15, 0.2) is 5.78 Å². The first-order chi connectivity index (χ1) is 13.2. The SMILES string of the molecule is COc1ccc(/C=C/C(=O)c2c(OC)cc(O)c(CCC(C)(C)O)c2O)cc1. The highest BCUT2D eigenvalue weighted by atomic mass is 16.5. The van der Waals surface area contributed by atoms with Gasteiger partial charge in [0.25, 0.3) is 0 Å². The van der Waals surface area contributed by atoms with Crippen LogP contribution in [0.25, 0.3) is 6.08 Å². The fourth-order valence-electron chi connectivity index (χ4n) is 2.72. The zero-order valence-electron chi connectivity index (χ0n) is 16.5. The van der Waals surface area contributed by atoms with E-state index in [9.17, 15) is 20.1 Å². The second-order valence-corrected chi connectivity index (χ2v) is 7.08. The van der Waals surface area contributed by atoms with E-state index in [1.807, 2.05) is 0 Å². The fraction of sp³-hybridized carbons (Fsp3) is 0.318. The molecule has 0 bridgehead atoms. The minimum atomic E-state index is -0.975. The Morgan fingerprint density at radius 3 is 2.29 bits per heavy atom. The smallest absolute Gasteiger partial charge is 0.193 e. The van der Waals surface area contributed by atoms with Crippen LogP contribution >= 0.6 is 0 Å². The molecule has 0 atom stereocenters. The van der Waals surface area contributed by atoms with E-state index in [0.29, 0.717) is 12.2 Å². The molecule has 0 spiro atoms. The standard InChI is InChI=1S/C22H26O6/c1-22(2,26)12-11-16-18(24)13-19(28-4)20(21(16)25)17(23)10-7-14-5-8-15(27-3)9-6-14/h5-10,13,24-26H,11-12H2,1-4H3/b10-7+. The van der Waals surface area contributed by atoms with Gasteiger partial charge in [0.1, 0.15) is 28.6 Å². The van der Waals surface area contributed by atoms with E-state index in [4.69, 9.17) is 9.47 Å². The molecule has 6 nitrogen and oxygen atoms in total. The van der Waals surface area contributed by atoms with E-state index in [1.165, 1.54) is 19.3 Å². The minimum absolute atomic E-state index is 0.0317. The molecule has 3 N–H and O–H groups in total. The van der Waals surface area contributed by atoms with Crippen LogP contribution in [0.15, 0.2) is 36.4 Å². The van der Waals surface area contributed by atoms with E-state index < -0.39 is 11.4 Å². The fourth-order valence-corrected chi connectivity index (χ4v) is 2.72. The number of ketones is 1. The lowest BCUT2D eigenvalue weighted by Crippen LogP contribution is -2.19. The molecule has 0 unspecified atom stereocenters. The van der Waals surface area contributed by atoms with Gasteiger partial charge in [-0.05, 0) is 50.5 Å². The summed E-state index contributed by atoms with van der Waals surface area (Å²) in [6, 6.07) is 8.44. The van der Waals surface area contributed by atoms with Crippen molar-refractivity contribution in [2.24, 2.45) is 0 Å². The second-order valence-electron chi connectivity index (χ2n) is 7.08. The van der Waals surface area contributed by atoms with Crippen molar-refractivity contribution in [1.82, 2.24) is 0 Å². The summed E-state index contributed by atoms with van der Waals surface area (Å²) in [6.45, 7) is 3.27. The third kappa shape index (κ3) is 5.27. The molecule has 0 aliphatic heterocycles. The molecule has 0 fully saturated rings. The number of phenolic OH excluding ortho intramolecular Hbond substituents is 2. The van der Waals surface area contributed by atoms with E-state index in [0.717, 1.165) is 5.56 Å². The predicted octanol–water partition coefficient (Wildman–Crippen LogP) is 3.71. The number of methoxy groups -OCH3 is 2. The summed E-state index contributed by atoms with van der Waals surface area (Å²) in [5.74, 6) is -0.210. The molecule has 0 saturated heterocycles. The Kier molecular flexibility index (Phi) is 6.70. The lowest BCUT2D eigenvalue weighted by molar-refractivity contribution is 0.0711. The van der Waals surface area contributed by atoms with Gasteiger partial charge in [0.05, 0.1) is 19.8 Å². The third-order valence-corrected chi connectivity index (χ3v) is 4.34. The van der Waals surface area contributed by atoms with Crippen molar-refractivity contribution in [3.8, 4) is 23.0 Å². The van der Waals surface area contributed by atoms with Crippen LogP contribution in [0.3, 0.4) is 0 Å². The van der Waals surface area contributed by atoms with Crippen LogP contribution in [-0.2, 0) is 6.42 Å². The van der Waals surface area contributed by atoms with Crippen LogP contribution in [0, 0.1) is 0 Å². The van der Waals surface area contributed by atoms with E-state index in [-0.39, 0.29) is 34.8 Å². The molecule has 2 aromatic carbocycles. The van der Waals surface area contributed by atoms with Crippen molar-refractivity contribution in [1.29, 1.82) is 0 Å². The normalized spacial score (nSPS) is 11.6. The summed E-state index contributed by atoms with van der Waals surface area (Å²) in [7, 11) is 2.93. The Bertz CT molecular complexity index is 860. The molecule has 28 heavy (non-hydrogen) atoms. The van der Waals surface area contributed by atoms with Crippen molar-refractivity contribution >= 4 is 11.9 Å². The van der Waals surface area contributed by atoms with Gasteiger partial charge in [-0.25, -0.2) is 0 Å². The number of aliphatic hydroxyl groups is 1. The Labute approximate surface area is 164 Å². The van der Waals surface area contributed by atoms with Gasteiger partial charge in [-0.1, -0.05) is 18.2 Å². The van der Waals surface area contributed by atoms with Crippen LogP contribution in [-0.4, -0.2) is 40.9 Å². The minimum Gasteiger partial charge on any atom is -0.507 e. The number of allylic oxidation sites excluding steroid dienone is 1. The molecular weight excluding hydrogens is 360 g/mol. The van der Waals surface area contributed by atoms with Crippen molar-refractivity contribution in [2.45, 2.75) is 32.3 Å². The van der Waals surface area contributed by atoms with Gasteiger partial charge in [-0.3, -0.25) is 4.79 Å². The number of aromatic hydroxyl groups is 2. The van der Waals surface area contributed by atoms with Crippen molar-refractivity contribution in [3.63, 3.8) is 0 Å². The highest BCUT2D eigenvalue weighted by molar-refractivity contribution is 6.11. The molecule has 0 amide bonds. The predicted molar refractivity (Wildman–Crippen MR) is 107 cm³/mol. The van der Waals surface area contributed by atoms with Gasteiger partial charge >= 0.3 is 0 Å². The quantitative estimate of drug-likeness (QED) is 0.473. The van der Waals surface area contributed by atoms with Crippen LogP contribution in [0.1, 0.15) is 41.8 Å². The van der Waals surface area contributed by atoms with E-state index in [2.05, 4.69) is 0 Å². The molecular formula is C22H26O6. The maximum Gasteiger partial charge on any atom is 0.193 e. The molecule has 0 saturated carbocycles. The lowest BCUT2D eigenvalue weighted by Gasteiger charge is -2.19. The summed E-state index contributed by atoms with van der Waals surface area (Å²) in [5.41, 5.74) is -0.0226. The van der Waals surface area contributed by atoms with Crippen molar-refractivity contribution in [3.05, 3.63) is 53.1 Å². The van der Waals surface area contributed by atoms with Gasteiger partial charge in [-0.2, -0.15) is 0 Å². The Balaban J connectivity index is 2.35. The molecule has 0 aliphatic rings. The summed E-state index contributed by atoms with van der Waals surface area (Å²) in [5, 5.41) is 30.7. The van der Waals surface area contributed by atoms with Gasteiger partial charge < -0.3 is 24.8 Å². The monoisotopic (exact) mass is 386 g/mol. The molecule has 0 aliphatic carbocycles. The first kappa shape index (κ1) is 21.3. The average molecular weight is 386 g/mol. The topological polar surface area (TPSA) is 96.2 Å². The van der Waals surface area contributed by atoms with Gasteiger partial charge in [0, 0.05) is 11.6 Å². The van der Waals surface area contributed by atoms with Gasteiger partial charge in [-0.15, -0.1) is 0 Å². The second kappa shape index (κ2) is 8.80. The largest absolute Gasteiger partial charge is 0.507 e. The van der Waals surface area contributed by atoms with Crippen LogP contribution < -0.4 is 9.47 Å². The van der Waals surface area contributed by atoms with Crippen molar-refractivity contribution < 1.29 is 29.6 Å². The average Bonchev–Trinajstić information content (AvgIpc) is 2.64. The molecule has 0 aromatic heterocycles. The zero-order valence-corrected chi connectivity index (χ0v) is 16.5. The lowest BCUT2D eigenvalue weighted by atomic mass is 9.94. The number of hydrogen-bond donors (Lipinski definition) is 3. The third-order valence-electron chi connectivity index (χ3n) is 4.34. The van der Waals surface area contributed by atoms with Crippen LogP contribution in [0.2, 0.25) is 0 Å². The highest BCUT2D eigenvalue weighted by Crippen LogP contribution is 2.39. The summed E-state index contributed by atoms with van der Waals surface area (Å²) >= 11 is 0. The molecule has 150 valence electrons. The Morgan fingerprint density at radius 1 is 1.11 bits per heavy atom. The summed E-state index contributed by atoms with van der Waals surface area (Å²) in [4.78, 5) is 12.7. The number of carbonyl (C=O) groups is 1. The van der Waals surface area contributed by atoms with Crippen LogP contribution in [0.5, 0.6) is 23.0 Å². The molecule has 0 radical (unpaired) electrons. The maximum absolute atomic E-state index is 12.7.